The minimum atomic E-state index is -0.514. The molecule has 9 heavy (non-hydrogen) atoms. The molecular formula is C3H9B3O3. The van der Waals surface area contributed by atoms with E-state index >= 15 is 0 Å². The Bertz CT molecular complexity index is 67.3. The smallest absolute Gasteiger partial charge is 0.433 e. The van der Waals surface area contributed by atoms with Gasteiger partial charge in [0.25, 0.3) is 6.70 Å². The van der Waals surface area contributed by atoms with Gasteiger partial charge >= 0.3 is 7.01 Å². The van der Waals surface area contributed by atoms with Crippen molar-refractivity contribution in [1.29, 1.82) is 0 Å². The van der Waals surface area contributed by atoms with Gasteiger partial charge in [0.2, 0.25) is 0 Å². The third kappa shape index (κ3) is 2.94. The fourth-order valence-electron chi connectivity index (χ4n) is 0.476. The van der Waals surface area contributed by atoms with Crippen LogP contribution in [0, 0.1) is 0 Å². The Labute approximate surface area is 57.7 Å². The highest BCUT2D eigenvalue weighted by Gasteiger charge is 2.26. The average Bonchev–Trinajstić information content (AvgIpc) is 1.90. The van der Waals surface area contributed by atoms with Gasteiger partial charge < -0.3 is 14.0 Å². The standard InChI is InChI=1S/C3H9B3O3/c1-7-5(4)6(8-2)9-3/h1-3H3. The molecule has 0 N–H and O–H groups in total. The highest BCUT2D eigenvalue weighted by molar-refractivity contribution is 7.34. The van der Waals surface area contributed by atoms with E-state index < -0.39 is 13.7 Å². The summed E-state index contributed by atoms with van der Waals surface area (Å²) in [5, 5.41) is 0. The molecule has 0 bridgehead atoms. The maximum absolute atomic E-state index is 5.37. The zero-order valence-electron chi connectivity index (χ0n) is 5.96. The fraction of sp³-hybridized carbons (Fsp3) is 1.00. The van der Waals surface area contributed by atoms with Crippen LogP contribution in [0.3, 0.4) is 0 Å². The van der Waals surface area contributed by atoms with Crippen molar-refractivity contribution in [1.82, 2.24) is 0 Å². The van der Waals surface area contributed by atoms with Crippen molar-refractivity contribution >= 4 is 21.4 Å². The van der Waals surface area contributed by atoms with E-state index in [0.29, 0.717) is 0 Å². The zero-order valence-corrected chi connectivity index (χ0v) is 5.96. The number of hydrogen-bond acceptors (Lipinski definition) is 3. The largest absolute Gasteiger partial charge is 0.450 e. The minimum absolute atomic E-state index is 0.477. The van der Waals surface area contributed by atoms with Gasteiger partial charge in [0, 0.05) is 21.3 Å². The highest BCUT2D eigenvalue weighted by atomic mass is 16.6. The third-order valence-corrected chi connectivity index (χ3v) is 1.01. The van der Waals surface area contributed by atoms with E-state index in [9.17, 15) is 0 Å². The lowest BCUT2D eigenvalue weighted by molar-refractivity contribution is 0.288. The van der Waals surface area contributed by atoms with Crippen molar-refractivity contribution < 1.29 is 14.0 Å². The van der Waals surface area contributed by atoms with E-state index in [-0.39, 0.29) is 0 Å². The van der Waals surface area contributed by atoms with Gasteiger partial charge in [0.15, 0.2) is 0 Å². The SMILES string of the molecule is [B]B(OC)B(OC)OC. The second-order valence-corrected chi connectivity index (χ2v) is 1.54. The Balaban J connectivity index is 3.50. The summed E-state index contributed by atoms with van der Waals surface area (Å²) in [6, 6.07) is 0. The van der Waals surface area contributed by atoms with Crippen molar-refractivity contribution in [3.05, 3.63) is 0 Å². The predicted molar refractivity (Wildman–Crippen MR) is 38.3 cm³/mol. The van der Waals surface area contributed by atoms with Crippen molar-refractivity contribution in [2.45, 2.75) is 0 Å². The van der Waals surface area contributed by atoms with Crippen LogP contribution >= 0.6 is 0 Å². The van der Waals surface area contributed by atoms with Crippen LogP contribution in [0.4, 0.5) is 0 Å². The van der Waals surface area contributed by atoms with Crippen molar-refractivity contribution in [2.75, 3.05) is 21.3 Å². The van der Waals surface area contributed by atoms with Crippen LogP contribution in [0.25, 0.3) is 0 Å². The van der Waals surface area contributed by atoms with Crippen LogP contribution in [-0.4, -0.2) is 42.8 Å². The Morgan fingerprint density at radius 1 is 1.00 bits per heavy atom. The average molecular weight is 126 g/mol. The molecule has 0 aliphatic rings. The van der Waals surface area contributed by atoms with Crippen LogP contribution in [0.5, 0.6) is 0 Å². The molecule has 0 saturated carbocycles. The van der Waals surface area contributed by atoms with E-state index in [2.05, 4.69) is 0 Å². The molecule has 0 atom stereocenters. The fourth-order valence-corrected chi connectivity index (χ4v) is 0.476. The van der Waals surface area contributed by atoms with Gasteiger partial charge in [0.1, 0.15) is 0 Å². The summed E-state index contributed by atoms with van der Waals surface area (Å²) in [7, 11) is 9.40. The first kappa shape index (κ1) is 9.07. The second-order valence-electron chi connectivity index (χ2n) is 1.54. The molecule has 0 heterocycles. The van der Waals surface area contributed by atoms with E-state index in [1.165, 1.54) is 21.3 Å². The Morgan fingerprint density at radius 3 is 1.56 bits per heavy atom. The van der Waals surface area contributed by atoms with Crippen LogP contribution in [-0.2, 0) is 14.0 Å². The van der Waals surface area contributed by atoms with E-state index in [0.717, 1.165) is 0 Å². The lowest BCUT2D eigenvalue weighted by Gasteiger charge is -2.11. The normalized spacial score (nSPS) is 9.22. The van der Waals surface area contributed by atoms with Gasteiger partial charge in [-0.2, -0.15) is 0 Å². The molecule has 0 spiro atoms. The summed E-state index contributed by atoms with van der Waals surface area (Å²) in [5.41, 5.74) is 0. The molecule has 0 aromatic heterocycles. The molecular weight excluding hydrogens is 116 g/mol. The molecule has 0 rings (SSSR count). The molecule has 0 saturated heterocycles. The molecule has 0 unspecified atom stereocenters. The molecule has 3 nitrogen and oxygen atoms in total. The van der Waals surface area contributed by atoms with Gasteiger partial charge in [0.05, 0.1) is 7.74 Å². The lowest BCUT2D eigenvalue weighted by Crippen LogP contribution is -2.42. The summed E-state index contributed by atoms with van der Waals surface area (Å²) >= 11 is 0. The summed E-state index contributed by atoms with van der Waals surface area (Å²) < 4.78 is 14.3. The maximum Gasteiger partial charge on any atom is 0.433 e. The molecule has 0 fully saturated rings. The maximum atomic E-state index is 5.37. The van der Waals surface area contributed by atoms with E-state index in [4.69, 9.17) is 21.7 Å². The Kier molecular flexibility index (Phi) is 4.95. The summed E-state index contributed by atoms with van der Waals surface area (Å²) in [6.07, 6.45) is 0. The van der Waals surface area contributed by atoms with Gasteiger partial charge in [-0.15, -0.1) is 0 Å². The van der Waals surface area contributed by atoms with Crippen molar-refractivity contribution in [3.8, 4) is 0 Å². The first-order valence-electron chi connectivity index (χ1n) is 2.60. The van der Waals surface area contributed by atoms with Crippen LogP contribution in [0.2, 0.25) is 0 Å². The molecule has 48 valence electrons. The predicted octanol–water partition coefficient (Wildman–Crippen LogP) is -0.851. The molecule has 6 heteroatoms. The lowest BCUT2D eigenvalue weighted by atomic mass is 9.23. The summed E-state index contributed by atoms with van der Waals surface area (Å²) in [6.45, 7) is -0.514. The molecule has 0 aromatic rings. The van der Waals surface area contributed by atoms with Gasteiger partial charge in [-0.3, -0.25) is 0 Å². The van der Waals surface area contributed by atoms with Gasteiger partial charge in [-0.05, 0) is 0 Å². The Morgan fingerprint density at radius 2 is 1.44 bits per heavy atom. The van der Waals surface area contributed by atoms with E-state index in [1.807, 2.05) is 0 Å². The molecule has 0 amide bonds. The van der Waals surface area contributed by atoms with Gasteiger partial charge in [-0.1, -0.05) is 0 Å². The molecule has 2 radical (unpaired) electrons. The van der Waals surface area contributed by atoms with Crippen molar-refractivity contribution in [2.24, 2.45) is 0 Å². The second kappa shape index (κ2) is 4.91. The number of rotatable bonds is 4. The summed E-state index contributed by atoms with van der Waals surface area (Å²) in [4.78, 5) is 0. The van der Waals surface area contributed by atoms with E-state index in [1.54, 1.807) is 0 Å². The van der Waals surface area contributed by atoms with Crippen LogP contribution in [0.15, 0.2) is 0 Å². The molecule has 0 aromatic carbocycles. The molecule has 0 aliphatic heterocycles. The first-order chi connectivity index (χ1) is 4.26. The third-order valence-electron chi connectivity index (χ3n) is 1.01. The quantitative estimate of drug-likeness (QED) is 0.458. The minimum Gasteiger partial charge on any atom is -0.450 e. The topological polar surface area (TPSA) is 27.7 Å². The first-order valence-corrected chi connectivity index (χ1v) is 2.60. The van der Waals surface area contributed by atoms with Gasteiger partial charge in [-0.25, -0.2) is 0 Å². The number of hydrogen-bond donors (Lipinski definition) is 0. The van der Waals surface area contributed by atoms with Crippen LogP contribution < -0.4 is 0 Å². The molecule has 0 aliphatic carbocycles. The monoisotopic (exact) mass is 126 g/mol. The highest BCUT2D eigenvalue weighted by Crippen LogP contribution is 1.88. The zero-order chi connectivity index (χ0) is 7.28. The van der Waals surface area contributed by atoms with Crippen LogP contribution in [0.1, 0.15) is 0 Å². The van der Waals surface area contributed by atoms with Crippen molar-refractivity contribution in [3.63, 3.8) is 0 Å². The summed E-state index contributed by atoms with van der Waals surface area (Å²) in [5.74, 6) is 0. The Hall–Kier alpha value is 0.0748.